The van der Waals surface area contributed by atoms with Gasteiger partial charge in [0, 0.05) is 16.0 Å². The molecule has 0 aromatic carbocycles. The normalized spacial score (nSPS) is 21.9. The highest BCUT2D eigenvalue weighted by Gasteiger charge is 2.34. The second-order valence-corrected chi connectivity index (χ2v) is 4.55. The number of Topliss-reactive ketones (excluding diaryl/α,β-unsaturated/α-hetero) is 1. The molecule has 0 atom stereocenters. The lowest BCUT2D eigenvalue weighted by Gasteiger charge is -2.29. The molecule has 13 heavy (non-hydrogen) atoms. The summed E-state index contributed by atoms with van der Waals surface area (Å²) in [5, 5.41) is 0.726. The maximum atomic E-state index is 11.9. The van der Waals surface area contributed by atoms with Gasteiger partial charge in [-0.05, 0) is 19.3 Å². The van der Waals surface area contributed by atoms with E-state index in [1.807, 2.05) is 13.8 Å². The van der Waals surface area contributed by atoms with Crippen LogP contribution in [0.1, 0.15) is 33.1 Å². The Labute approximate surface area is 84.5 Å². The number of hydrogen-bond donors (Lipinski definition) is 0. The van der Waals surface area contributed by atoms with Gasteiger partial charge in [0.2, 0.25) is 0 Å². The molecule has 0 spiro atoms. The molecule has 0 amide bonds. The zero-order chi connectivity index (χ0) is 10.1. The predicted octanol–water partition coefficient (Wildman–Crippen LogP) is 3.44. The molecule has 0 unspecified atom stereocenters. The Morgan fingerprint density at radius 1 is 1.62 bits per heavy atom. The van der Waals surface area contributed by atoms with E-state index in [0.29, 0.717) is 6.42 Å². The highest BCUT2D eigenvalue weighted by atomic mass is 35.5. The first-order valence-corrected chi connectivity index (χ1v) is 4.90. The molecule has 0 heterocycles. The fraction of sp³-hybridized carbons (Fsp3) is 0.545. The van der Waals surface area contributed by atoms with Crippen molar-refractivity contribution in [3.63, 3.8) is 0 Å². The molecule has 0 saturated carbocycles. The van der Waals surface area contributed by atoms with E-state index in [-0.39, 0.29) is 11.2 Å². The average Bonchev–Trinajstić information content (AvgIpc) is 2.07. The van der Waals surface area contributed by atoms with Crippen molar-refractivity contribution in [3.8, 4) is 0 Å². The lowest BCUT2D eigenvalue weighted by atomic mass is 9.75. The molecule has 0 saturated heterocycles. The molecular weight excluding hydrogens is 184 g/mol. The summed E-state index contributed by atoms with van der Waals surface area (Å²) in [6.07, 6.45) is 4.01. The smallest absolute Gasteiger partial charge is 0.165 e. The number of ketones is 1. The van der Waals surface area contributed by atoms with Crippen molar-refractivity contribution < 1.29 is 4.79 Å². The summed E-state index contributed by atoms with van der Waals surface area (Å²) in [5.74, 6) is 0.184. The first-order chi connectivity index (χ1) is 5.99. The minimum atomic E-state index is -0.239. The van der Waals surface area contributed by atoms with E-state index in [4.69, 9.17) is 11.6 Å². The molecule has 0 aliphatic heterocycles. The minimum Gasteiger partial charge on any atom is -0.294 e. The zero-order valence-electron chi connectivity index (χ0n) is 8.19. The maximum Gasteiger partial charge on any atom is 0.165 e. The Morgan fingerprint density at radius 2 is 2.23 bits per heavy atom. The molecule has 1 rings (SSSR count). The molecule has 0 N–H and O–H groups in total. The van der Waals surface area contributed by atoms with Gasteiger partial charge in [0.05, 0.1) is 0 Å². The van der Waals surface area contributed by atoms with Crippen LogP contribution in [0, 0.1) is 5.41 Å². The molecular formula is C11H15ClO. The summed E-state index contributed by atoms with van der Waals surface area (Å²) in [6, 6.07) is 0. The van der Waals surface area contributed by atoms with Gasteiger partial charge in [-0.3, -0.25) is 4.79 Å². The van der Waals surface area contributed by atoms with Crippen molar-refractivity contribution in [3.05, 3.63) is 23.3 Å². The number of halogens is 1. The Hall–Kier alpha value is -0.560. The Kier molecular flexibility index (Phi) is 2.97. The molecule has 1 aliphatic rings. The highest BCUT2D eigenvalue weighted by molar-refractivity contribution is 6.32. The number of hydrogen-bond acceptors (Lipinski definition) is 1. The Bertz CT molecular complexity index is 274. The van der Waals surface area contributed by atoms with Crippen LogP contribution in [0.3, 0.4) is 0 Å². The summed E-state index contributed by atoms with van der Waals surface area (Å²) in [5.41, 5.74) is 0.518. The van der Waals surface area contributed by atoms with E-state index in [9.17, 15) is 4.79 Å². The highest BCUT2D eigenvalue weighted by Crippen LogP contribution is 2.38. The lowest BCUT2D eigenvalue weighted by Crippen LogP contribution is -2.29. The van der Waals surface area contributed by atoms with Crippen LogP contribution < -0.4 is 0 Å². The van der Waals surface area contributed by atoms with Crippen LogP contribution in [0.2, 0.25) is 0 Å². The predicted molar refractivity (Wildman–Crippen MR) is 55.7 cm³/mol. The third-order valence-corrected chi connectivity index (χ3v) is 2.95. The van der Waals surface area contributed by atoms with Crippen molar-refractivity contribution >= 4 is 17.4 Å². The van der Waals surface area contributed by atoms with Gasteiger partial charge in [0.15, 0.2) is 5.78 Å². The molecule has 2 heteroatoms. The van der Waals surface area contributed by atoms with Crippen molar-refractivity contribution in [2.75, 3.05) is 0 Å². The van der Waals surface area contributed by atoms with Gasteiger partial charge in [-0.15, -0.1) is 6.58 Å². The van der Waals surface area contributed by atoms with Crippen molar-refractivity contribution in [1.82, 2.24) is 0 Å². The Balaban J connectivity index is 3.00. The lowest BCUT2D eigenvalue weighted by molar-refractivity contribution is -0.124. The van der Waals surface area contributed by atoms with Crippen LogP contribution in [-0.4, -0.2) is 5.78 Å². The second-order valence-electron chi connectivity index (χ2n) is 4.09. The monoisotopic (exact) mass is 198 g/mol. The maximum absolute atomic E-state index is 11.9. The van der Waals surface area contributed by atoms with E-state index >= 15 is 0 Å². The molecule has 0 bridgehead atoms. The molecule has 0 aromatic rings. The van der Waals surface area contributed by atoms with Gasteiger partial charge in [0.25, 0.3) is 0 Å². The summed E-state index contributed by atoms with van der Waals surface area (Å²) >= 11 is 5.99. The van der Waals surface area contributed by atoms with E-state index in [1.165, 1.54) is 0 Å². The average molecular weight is 199 g/mol. The summed E-state index contributed by atoms with van der Waals surface area (Å²) in [4.78, 5) is 11.9. The summed E-state index contributed by atoms with van der Waals surface area (Å²) in [6.45, 7) is 7.57. The largest absolute Gasteiger partial charge is 0.294 e. The van der Waals surface area contributed by atoms with Crippen LogP contribution in [0.4, 0.5) is 0 Å². The van der Waals surface area contributed by atoms with Gasteiger partial charge in [-0.1, -0.05) is 31.5 Å². The van der Waals surface area contributed by atoms with Crippen molar-refractivity contribution in [2.45, 2.75) is 33.1 Å². The standard InChI is InChI=1S/C11H15ClO/c1-4-5-8-9(12)6-7-11(2,3)10(8)13/h4H,1,5-7H2,2-3H3. The van der Waals surface area contributed by atoms with E-state index in [0.717, 1.165) is 23.4 Å². The van der Waals surface area contributed by atoms with Crippen LogP contribution in [0.25, 0.3) is 0 Å². The van der Waals surface area contributed by atoms with E-state index < -0.39 is 0 Å². The molecule has 1 aliphatic carbocycles. The topological polar surface area (TPSA) is 17.1 Å². The van der Waals surface area contributed by atoms with Crippen LogP contribution >= 0.6 is 11.6 Å². The molecule has 72 valence electrons. The van der Waals surface area contributed by atoms with Gasteiger partial charge in [-0.25, -0.2) is 0 Å². The number of allylic oxidation sites excluding steroid dienone is 3. The second kappa shape index (κ2) is 3.67. The Morgan fingerprint density at radius 3 is 2.77 bits per heavy atom. The van der Waals surface area contributed by atoms with E-state index in [1.54, 1.807) is 6.08 Å². The number of rotatable bonds is 2. The van der Waals surface area contributed by atoms with Crippen LogP contribution in [0.15, 0.2) is 23.3 Å². The number of carbonyl (C=O) groups excluding carboxylic acids is 1. The molecule has 0 fully saturated rings. The number of carbonyl (C=O) groups is 1. The quantitative estimate of drug-likeness (QED) is 0.622. The van der Waals surface area contributed by atoms with Crippen molar-refractivity contribution in [1.29, 1.82) is 0 Å². The van der Waals surface area contributed by atoms with E-state index in [2.05, 4.69) is 6.58 Å². The summed E-state index contributed by atoms with van der Waals surface area (Å²) in [7, 11) is 0. The van der Waals surface area contributed by atoms with Gasteiger partial charge in [-0.2, -0.15) is 0 Å². The van der Waals surface area contributed by atoms with Crippen LogP contribution in [0.5, 0.6) is 0 Å². The fourth-order valence-corrected chi connectivity index (χ4v) is 1.82. The first-order valence-electron chi connectivity index (χ1n) is 4.52. The molecule has 1 nitrogen and oxygen atoms in total. The van der Waals surface area contributed by atoms with Crippen LogP contribution in [-0.2, 0) is 4.79 Å². The minimum absolute atomic E-state index is 0.184. The third-order valence-electron chi connectivity index (χ3n) is 2.53. The van der Waals surface area contributed by atoms with Gasteiger partial charge >= 0.3 is 0 Å². The van der Waals surface area contributed by atoms with Crippen molar-refractivity contribution in [2.24, 2.45) is 5.41 Å². The zero-order valence-corrected chi connectivity index (χ0v) is 8.95. The van der Waals surface area contributed by atoms with Gasteiger partial charge in [0.1, 0.15) is 0 Å². The van der Waals surface area contributed by atoms with Gasteiger partial charge < -0.3 is 0 Å². The third kappa shape index (κ3) is 2.02. The fourth-order valence-electron chi connectivity index (χ4n) is 1.57. The molecule has 0 aromatic heterocycles. The SMILES string of the molecule is C=CCC1=C(Cl)CCC(C)(C)C1=O. The first kappa shape index (κ1) is 10.5. The molecule has 0 radical (unpaired) electrons. The summed E-state index contributed by atoms with van der Waals surface area (Å²) < 4.78 is 0.